The number of benzene rings is 1. The number of aliphatic hydroxyl groups excluding tert-OH is 1. The zero-order valence-corrected chi connectivity index (χ0v) is 7.90. The Morgan fingerprint density at radius 3 is 2.57 bits per heavy atom. The minimum Gasteiger partial charge on any atom is -0.392 e. The fraction of sp³-hybridized carbons (Fsp3) is 0.300. The second-order valence-electron chi connectivity index (χ2n) is 3.25. The molecule has 1 rings (SSSR count). The summed E-state index contributed by atoms with van der Waals surface area (Å²) in [5, 5.41) is 18.8. The first-order valence-electron chi connectivity index (χ1n) is 4.21. The van der Waals surface area contributed by atoms with Crippen molar-refractivity contribution in [3.05, 3.63) is 35.4 Å². The summed E-state index contributed by atoms with van der Waals surface area (Å²) in [4.78, 5) is 11.0. The number of amides is 1. The average molecular weight is 195 g/mol. The summed E-state index contributed by atoms with van der Waals surface area (Å²) in [5.41, 5.74) is 4.16. The van der Waals surface area contributed by atoms with Gasteiger partial charge in [0, 0.05) is 0 Å². The van der Waals surface area contributed by atoms with Gasteiger partial charge in [0.2, 0.25) is 0 Å². The van der Waals surface area contributed by atoms with Gasteiger partial charge in [0.1, 0.15) is 0 Å². The van der Waals surface area contributed by atoms with E-state index in [1.807, 2.05) is 0 Å². The van der Waals surface area contributed by atoms with E-state index in [0.29, 0.717) is 11.1 Å². The van der Waals surface area contributed by atoms with Gasteiger partial charge in [-0.05, 0) is 18.1 Å². The van der Waals surface area contributed by atoms with Crippen LogP contribution < -0.4 is 5.73 Å². The standard InChI is InChI=1S/C10H13NO3/c1-10(14,9(11)13)8-5-3-2-4-7(8)6-12/h2-5,12,14H,6H2,1H3,(H2,11,13). The largest absolute Gasteiger partial charge is 0.392 e. The Bertz CT molecular complexity index is 347. The number of hydrogen-bond donors (Lipinski definition) is 3. The highest BCUT2D eigenvalue weighted by molar-refractivity contribution is 5.84. The van der Waals surface area contributed by atoms with Gasteiger partial charge in [0.25, 0.3) is 5.91 Å². The van der Waals surface area contributed by atoms with Crippen LogP contribution in [0.5, 0.6) is 0 Å². The maximum atomic E-state index is 11.0. The van der Waals surface area contributed by atoms with Crippen molar-refractivity contribution in [2.24, 2.45) is 5.73 Å². The van der Waals surface area contributed by atoms with Crippen LogP contribution in [0.3, 0.4) is 0 Å². The zero-order chi connectivity index (χ0) is 10.8. The molecule has 0 heterocycles. The van der Waals surface area contributed by atoms with Crippen LogP contribution in [0, 0.1) is 0 Å². The molecule has 1 amide bonds. The third-order valence-electron chi connectivity index (χ3n) is 2.19. The number of carbonyl (C=O) groups excluding carboxylic acids is 1. The van der Waals surface area contributed by atoms with Gasteiger partial charge in [-0.25, -0.2) is 0 Å². The van der Waals surface area contributed by atoms with Crippen molar-refractivity contribution in [3.63, 3.8) is 0 Å². The molecule has 76 valence electrons. The van der Waals surface area contributed by atoms with Gasteiger partial charge in [-0.3, -0.25) is 4.79 Å². The molecule has 0 spiro atoms. The number of carbonyl (C=O) groups is 1. The Balaban J connectivity index is 3.24. The summed E-state index contributed by atoms with van der Waals surface area (Å²) in [6.45, 7) is 1.07. The number of nitrogens with two attached hydrogens (primary N) is 1. The van der Waals surface area contributed by atoms with Crippen molar-refractivity contribution in [1.29, 1.82) is 0 Å². The van der Waals surface area contributed by atoms with Crippen LogP contribution in [0.15, 0.2) is 24.3 Å². The maximum Gasteiger partial charge on any atom is 0.253 e. The molecule has 0 aromatic heterocycles. The molecule has 4 nitrogen and oxygen atoms in total. The number of aliphatic hydroxyl groups is 2. The van der Waals surface area contributed by atoms with Crippen molar-refractivity contribution < 1.29 is 15.0 Å². The lowest BCUT2D eigenvalue weighted by Crippen LogP contribution is -2.38. The Hall–Kier alpha value is -1.39. The molecule has 1 aromatic carbocycles. The molecule has 1 atom stereocenters. The maximum absolute atomic E-state index is 11.0. The molecule has 4 heteroatoms. The van der Waals surface area contributed by atoms with Crippen molar-refractivity contribution in [2.45, 2.75) is 19.1 Å². The Morgan fingerprint density at radius 2 is 2.07 bits per heavy atom. The summed E-state index contributed by atoms with van der Waals surface area (Å²) in [7, 11) is 0. The highest BCUT2D eigenvalue weighted by Crippen LogP contribution is 2.23. The molecule has 1 aromatic rings. The molecular weight excluding hydrogens is 182 g/mol. The number of primary amides is 1. The summed E-state index contributed by atoms with van der Waals surface area (Å²) < 4.78 is 0. The average Bonchev–Trinajstić information content (AvgIpc) is 2.17. The van der Waals surface area contributed by atoms with Gasteiger partial charge >= 0.3 is 0 Å². The van der Waals surface area contributed by atoms with Crippen LogP contribution in [-0.4, -0.2) is 16.1 Å². The molecule has 1 unspecified atom stereocenters. The first-order chi connectivity index (χ1) is 6.50. The molecule has 0 saturated carbocycles. The molecule has 0 aliphatic carbocycles. The third kappa shape index (κ3) is 1.76. The second-order valence-corrected chi connectivity index (χ2v) is 3.25. The van der Waals surface area contributed by atoms with Crippen molar-refractivity contribution in [2.75, 3.05) is 0 Å². The molecule has 4 N–H and O–H groups in total. The molecule has 0 aliphatic heterocycles. The minimum absolute atomic E-state index is 0.237. The first-order valence-corrected chi connectivity index (χ1v) is 4.21. The number of hydrogen-bond acceptors (Lipinski definition) is 3. The lowest BCUT2D eigenvalue weighted by molar-refractivity contribution is -0.135. The molecule has 0 bridgehead atoms. The van der Waals surface area contributed by atoms with Gasteiger partial charge in [-0.15, -0.1) is 0 Å². The Morgan fingerprint density at radius 1 is 1.50 bits per heavy atom. The van der Waals surface area contributed by atoms with Gasteiger partial charge in [0.05, 0.1) is 6.61 Å². The summed E-state index contributed by atoms with van der Waals surface area (Å²) in [5.74, 6) is -0.835. The van der Waals surface area contributed by atoms with Gasteiger partial charge < -0.3 is 15.9 Å². The van der Waals surface area contributed by atoms with E-state index in [1.165, 1.54) is 6.92 Å². The first kappa shape index (κ1) is 10.7. The fourth-order valence-electron chi connectivity index (χ4n) is 1.27. The minimum atomic E-state index is -1.74. The smallest absolute Gasteiger partial charge is 0.253 e. The van der Waals surface area contributed by atoms with Crippen LogP contribution in [0.25, 0.3) is 0 Å². The van der Waals surface area contributed by atoms with Crippen LogP contribution >= 0.6 is 0 Å². The lowest BCUT2D eigenvalue weighted by atomic mass is 9.91. The van der Waals surface area contributed by atoms with E-state index in [4.69, 9.17) is 10.8 Å². The molecule has 0 radical (unpaired) electrons. The zero-order valence-electron chi connectivity index (χ0n) is 7.90. The molecule has 14 heavy (non-hydrogen) atoms. The van der Waals surface area contributed by atoms with Crippen molar-refractivity contribution in [3.8, 4) is 0 Å². The fourth-order valence-corrected chi connectivity index (χ4v) is 1.27. The SMILES string of the molecule is CC(O)(C(N)=O)c1ccccc1CO. The highest BCUT2D eigenvalue weighted by Gasteiger charge is 2.31. The van der Waals surface area contributed by atoms with Crippen LogP contribution in [-0.2, 0) is 17.0 Å². The van der Waals surface area contributed by atoms with E-state index < -0.39 is 11.5 Å². The lowest BCUT2D eigenvalue weighted by Gasteiger charge is -2.22. The van der Waals surface area contributed by atoms with E-state index in [9.17, 15) is 9.90 Å². The molecule has 0 saturated heterocycles. The predicted molar refractivity (Wildman–Crippen MR) is 51.1 cm³/mol. The quantitative estimate of drug-likeness (QED) is 0.628. The summed E-state index contributed by atoms with van der Waals surface area (Å²) in [6.07, 6.45) is 0. The predicted octanol–water partition coefficient (Wildman–Crippen LogP) is -0.128. The van der Waals surface area contributed by atoms with Crippen molar-refractivity contribution >= 4 is 5.91 Å². The molecule has 0 aliphatic rings. The summed E-state index contributed by atoms with van der Waals surface area (Å²) in [6, 6.07) is 6.58. The van der Waals surface area contributed by atoms with Gasteiger partial charge in [-0.2, -0.15) is 0 Å². The molecular formula is C10H13NO3. The topological polar surface area (TPSA) is 83.5 Å². The van der Waals surface area contributed by atoms with E-state index in [-0.39, 0.29) is 6.61 Å². The highest BCUT2D eigenvalue weighted by atomic mass is 16.3. The second kappa shape index (κ2) is 3.77. The van der Waals surface area contributed by atoms with E-state index in [1.54, 1.807) is 24.3 Å². The number of rotatable bonds is 3. The van der Waals surface area contributed by atoms with Gasteiger partial charge in [0.15, 0.2) is 5.60 Å². The third-order valence-corrected chi connectivity index (χ3v) is 2.19. The Kier molecular flexibility index (Phi) is 2.88. The molecule has 0 fully saturated rings. The Labute approximate surface area is 82.0 Å². The van der Waals surface area contributed by atoms with Crippen LogP contribution in [0.1, 0.15) is 18.1 Å². The van der Waals surface area contributed by atoms with Crippen LogP contribution in [0.2, 0.25) is 0 Å². The van der Waals surface area contributed by atoms with E-state index in [2.05, 4.69) is 0 Å². The van der Waals surface area contributed by atoms with Crippen molar-refractivity contribution in [1.82, 2.24) is 0 Å². The van der Waals surface area contributed by atoms with E-state index in [0.717, 1.165) is 0 Å². The monoisotopic (exact) mass is 195 g/mol. The van der Waals surface area contributed by atoms with Crippen LogP contribution in [0.4, 0.5) is 0 Å². The van der Waals surface area contributed by atoms with E-state index >= 15 is 0 Å². The van der Waals surface area contributed by atoms with Gasteiger partial charge in [-0.1, -0.05) is 24.3 Å². The normalized spacial score (nSPS) is 14.8. The summed E-state index contributed by atoms with van der Waals surface area (Å²) >= 11 is 0.